The Morgan fingerprint density at radius 1 is 0.923 bits per heavy atom. The van der Waals surface area contributed by atoms with Crippen LogP contribution in [0.5, 0.6) is 0 Å². The minimum Gasteiger partial charge on any atom is -0.255 e. The van der Waals surface area contributed by atoms with Gasteiger partial charge in [-0.05, 0) is 42.5 Å². The number of para-hydroxylation sites is 1. The van der Waals surface area contributed by atoms with Crippen LogP contribution in [-0.2, 0) is 9.84 Å². The number of aromatic nitrogens is 2. The van der Waals surface area contributed by atoms with Crippen LogP contribution in [0.2, 0.25) is 0 Å². The molecule has 0 N–H and O–H groups in total. The van der Waals surface area contributed by atoms with E-state index in [0.717, 1.165) is 10.9 Å². The molecule has 1 fully saturated rings. The molecular weight excluding hydrogens is 368 g/mol. The van der Waals surface area contributed by atoms with E-state index < -0.39 is 9.84 Å². The average Bonchev–Trinajstić information content (AvgIpc) is 2.68. The minimum absolute atomic E-state index is 0. The zero-order chi connectivity index (χ0) is 17.3. The van der Waals surface area contributed by atoms with Crippen LogP contribution in [0.4, 0.5) is 0 Å². The van der Waals surface area contributed by atoms with Crippen LogP contribution in [0.1, 0.15) is 43.6 Å². The molecule has 0 radical (unpaired) electrons. The smallest absolute Gasteiger partial charge is 0.225 e. The number of hydrogen-bond acceptors (Lipinski definition) is 4. The molecule has 0 aliphatic heterocycles. The highest BCUT2D eigenvalue weighted by Crippen LogP contribution is 2.36. The van der Waals surface area contributed by atoms with E-state index in [-0.39, 0.29) is 22.3 Å². The van der Waals surface area contributed by atoms with Crippen molar-refractivity contribution in [1.29, 1.82) is 0 Å². The van der Waals surface area contributed by atoms with Gasteiger partial charge in [0.05, 0.1) is 10.4 Å². The third kappa shape index (κ3) is 3.46. The summed E-state index contributed by atoms with van der Waals surface area (Å²) < 4.78 is 25.5. The summed E-state index contributed by atoms with van der Waals surface area (Å²) in [5.41, 5.74) is 2.17. The second-order valence-electron chi connectivity index (χ2n) is 6.60. The van der Waals surface area contributed by atoms with Crippen molar-refractivity contribution in [3.05, 3.63) is 60.4 Å². The van der Waals surface area contributed by atoms with Gasteiger partial charge in [0.25, 0.3) is 0 Å². The van der Waals surface area contributed by atoms with Gasteiger partial charge in [-0.1, -0.05) is 43.5 Å². The molecule has 1 aliphatic rings. The Kier molecular flexibility index (Phi) is 5.58. The predicted octanol–water partition coefficient (Wildman–Crippen LogP) is 4.93. The van der Waals surface area contributed by atoms with Gasteiger partial charge in [-0.3, -0.25) is 4.98 Å². The number of pyridine rings is 2. The molecule has 4 rings (SSSR count). The van der Waals surface area contributed by atoms with Crippen LogP contribution in [0, 0.1) is 0 Å². The van der Waals surface area contributed by atoms with Crippen LogP contribution in [0.15, 0.2) is 64.8 Å². The van der Waals surface area contributed by atoms with E-state index in [1.54, 1.807) is 18.2 Å². The number of rotatable bonds is 3. The van der Waals surface area contributed by atoms with E-state index in [4.69, 9.17) is 0 Å². The van der Waals surface area contributed by atoms with Gasteiger partial charge >= 0.3 is 0 Å². The summed E-state index contributed by atoms with van der Waals surface area (Å²) in [7, 11) is -3.64. The highest BCUT2D eigenvalue weighted by Gasteiger charge is 2.22. The first-order valence-corrected chi connectivity index (χ1v) is 10.2. The second-order valence-corrected chi connectivity index (χ2v) is 8.49. The first kappa shape index (κ1) is 18.8. The molecule has 1 aromatic carbocycles. The van der Waals surface area contributed by atoms with Crippen molar-refractivity contribution in [1.82, 2.24) is 9.97 Å². The molecule has 136 valence electrons. The Morgan fingerprint density at radius 3 is 2.46 bits per heavy atom. The van der Waals surface area contributed by atoms with E-state index in [1.807, 2.05) is 12.1 Å². The van der Waals surface area contributed by atoms with Gasteiger partial charge in [0, 0.05) is 17.8 Å². The van der Waals surface area contributed by atoms with Crippen molar-refractivity contribution < 1.29 is 8.42 Å². The van der Waals surface area contributed by atoms with E-state index in [1.165, 1.54) is 56.1 Å². The highest BCUT2D eigenvalue weighted by atomic mass is 35.5. The lowest BCUT2D eigenvalue weighted by atomic mass is 9.83. The highest BCUT2D eigenvalue weighted by molar-refractivity contribution is 7.91. The topological polar surface area (TPSA) is 59.9 Å². The number of hydrogen-bond donors (Lipinski definition) is 0. The van der Waals surface area contributed by atoms with Crippen molar-refractivity contribution in [2.45, 2.75) is 47.9 Å². The third-order valence-corrected chi connectivity index (χ3v) is 6.62. The van der Waals surface area contributed by atoms with Crippen LogP contribution in [-0.4, -0.2) is 18.4 Å². The van der Waals surface area contributed by atoms with Gasteiger partial charge in [0.2, 0.25) is 9.84 Å². The fourth-order valence-electron chi connectivity index (χ4n) is 3.68. The second kappa shape index (κ2) is 7.72. The zero-order valence-corrected chi connectivity index (χ0v) is 16.0. The molecule has 6 heteroatoms. The molecule has 0 unspecified atom stereocenters. The predicted molar refractivity (Wildman–Crippen MR) is 105 cm³/mol. The van der Waals surface area contributed by atoms with Gasteiger partial charge in [-0.15, -0.1) is 12.4 Å². The Labute approximate surface area is 160 Å². The summed E-state index contributed by atoms with van der Waals surface area (Å²) in [6.07, 6.45) is 9.16. The van der Waals surface area contributed by atoms with Gasteiger partial charge in [0.1, 0.15) is 0 Å². The molecule has 0 bridgehead atoms. The van der Waals surface area contributed by atoms with E-state index in [9.17, 15) is 8.42 Å². The van der Waals surface area contributed by atoms with Gasteiger partial charge in [0.15, 0.2) is 5.03 Å². The van der Waals surface area contributed by atoms with Gasteiger partial charge < -0.3 is 0 Å². The van der Waals surface area contributed by atoms with Crippen LogP contribution in [0.3, 0.4) is 0 Å². The number of fused-ring (bicyclic) bond motifs is 1. The molecule has 1 aliphatic carbocycles. The largest absolute Gasteiger partial charge is 0.255 e. The Morgan fingerprint density at radius 2 is 1.73 bits per heavy atom. The Balaban J connectivity index is 0.00000196. The lowest BCUT2D eigenvalue weighted by Gasteiger charge is -2.23. The molecule has 4 nitrogen and oxygen atoms in total. The summed E-state index contributed by atoms with van der Waals surface area (Å²) in [6, 6.07) is 12.7. The van der Waals surface area contributed by atoms with Gasteiger partial charge in [-0.2, -0.15) is 0 Å². The molecule has 2 aromatic heterocycles. The van der Waals surface area contributed by atoms with E-state index in [0.29, 0.717) is 5.92 Å². The SMILES string of the molecule is Cl.O=S(=O)(c1cnc2c(C3CCCCC3)cccc2c1)c1ccccn1. The molecule has 0 amide bonds. The lowest BCUT2D eigenvalue weighted by molar-refractivity contribution is 0.445. The fourth-order valence-corrected chi connectivity index (χ4v) is 4.85. The van der Waals surface area contributed by atoms with Crippen LogP contribution >= 0.6 is 12.4 Å². The Bertz CT molecular complexity index is 1000. The van der Waals surface area contributed by atoms with E-state index in [2.05, 4.69) is 16.0 Å². The third-order valence-electron chi connectivity index (χ3n) is 4.99. The summed E-state index contributed by atoms with van der Waals surface area (Å²) in [5.74, 6) is 0.531. The molecule has 0 spiro atoms. The minimum atomic E-state index is -3.64. The summed E-state index contributed by atoms with van der Waals surface area (Å²) in [5, 5.41) is 0.930. The molecule has 0 atom stereocenters. The van der Waals surface area contributed by atoms with Crippen LogP contribution in [0.25, 0.3) is 10.9 Å². The number of nitrogens with zero attached hydrogens (tertiary/aromatic N) is 2. The van der Waals surface area contributed by atoms with Gasteiger partial charge in [-0.25, -0.2) is 13.4 Å². The van der Waals surface area contributed by atoms with Crippen molar-refractivity contribution in [3.63, 3.8) is 0 Å². The monoisotopic (exact) mass is 388 g/mol. The maximum Gasteiger partial charge on any atom is 0.225 e. The van der Waals surface area contributed by atoms with Crippen molar-refractivity contribution in [2.75, 3.05) is 0 Å². The zero-order valence-electron chi connectivity index (χ0n) is 14.3. The molecule has 26 heavy (non-hydrogen) atoms. The number of sulfone groups is 1. The first-order valence-electron chi connectivity index (χ1n) is 8.71. The Hall–Kier alpha value is -1.98. The lowest BCUT2D eigenvalue weighted by Crippen LogP contribution is -2.07. The first-order chi connectivity index (χ1) is 12.2. The standard InChI is InChI=1S/C20H20N2O2S.ClH/c23-25(24,19-11-4-5-12-21-19)17-13-16-9-6-10-18(20(16)22-14-17)15-7-2-1-3-8-15;/h4-6,9-15H,1-3,7-8H2;1H. The molecular formula is C20H21ClN2O2S. The molecule has 1 saturated carbocycles. The van der Waals surface area contributed by atoms with E-state index >= 15 is 0 Å². The summed E-state index contributed by atoms with van der Waals surface area (Å²) in [4.78, 5) is 8.72. The summed E-state index contributed by atoms with van der Waals surface area (Å²) in [6.45, 7) is 0. The number of halogens is 1. The van der Waals surface area contributed by atoms with Crippen molar-refractivity contribution in [3.8, 4) is 0 Å². The summed E-state index contributed by atoms with van der Waals surface area (Å²) >= 11 is 0. The van der Waals surface area contributed by atoms with Crippen molar-refractivity contribution >= 4 is 33.1 Å². The normalized spacial score (nSPS) is 15.5. The molecule has 0 saturated heterocycles. The molecule has 2 heterocycles. The van der Waals surface area contributed by atoms with Crippen molar-refractivity contribution in [2.24, 2.45) is 0 Å². The van der Waals surface area contributed by atoms with Crippen LogP contribution < -0.4 is 0 Å². The maximum absolute atomic E-state index is 12.8. The average molecular weight is 389 g/mol. The fraction of sp³-hybridized carbons (Fsp3) is 0.300. The molecule has 3 aromatic rings. The quantitative estimate of drug-likeness (QED) is 0.638. The maximum atomic E-state index is 12.8. The number of benzene rings is 1.